The third-order valence-electron chi connectivity index (χ3n) is 2.10. The first kappa shape index (κ1) is 12.0. The largest absolute Gasteiger partial charge is 0.370 e. The molecule has 0 aliphatic carbocycles. The average Bonchev–Trinajstić information content (AvgIpc) is 2.18. The van der Waals surface area contributed by atoms with Gasteiger partial charge in [0.25, 0.3) is 0 Å². The van der Waals surface area contributed by atoms with Gasteiger partial charge >= 0.3 is 0 Å². The lowest BCUT2D eigenvalue weighted by atomic mass is 10.1. The Kier molecular flexibility index (Phi) is 4.59. The second-order valence-corrected chi connectivity index (χ2v) is 3.88. The van der Waals surface area contributed by atoms with E-state index in [0.29, 0.717) is 13.0 Å². The number of hydrogen-bond donors (Lipinski definition) is 2. The fraction of sp³-hybridized carbons (Fsp3) is 0.364. The number of amides is 1. The number of nitrogens with two attached hydrogens (primary N) is 1. The molecule has 3 nitrogen and oxygen atoms in total. The van der Waals surface area contributed by atoms with E-state index in [1.165, 1.54) is 0 Å². The maximum absolute atomic E-state index is 10.5. The van der Waals surface area contributed by atoms with Gasteiger partial charge in [0, 0.05) is 24.5 Å². The summed E-state index contributed by atoms with van der Waals surface area (Å²) in [6.07, 6.45) is 0.368. The molecule has 1 rings (SSSR count). The number of hydrogen-bond acceptors (Lipinski definition) is 2. The Morgan fingerprint density at radius 1 is 1.53 bits per heavy atom. The van der Waals surface area contributed by atoms with E-state index < -0.39 is 0 Å². The monoisotopic (exact) mass is 226 g/mol. The lowest BCUT2D eigenvalue weighted by Crippen LogP contribution is -2.21. The molecule has 0 radical (unpaired) electrons. The molecule has 0 bridgehead atoms. The molecule has 0 atom stereocenters. The van der Waals surface area contributed by atoms with Crippen LogP contribution >= 0.6 is 11.6 Å². The van der Waals surface area contributed by atoms with E-state index in [-0.39, 0.29) is 5.91 Å². The van der Waals surface area contributed by atoms with Crippen LogP contribution in [0, 0.1) is 6.92 Å². The fourth-order valence-electron chi connectivity index (χ4n) is 1.26. The molecule has 3 N–H and O–H groups in total. The number of nitrogens with one attached hydrogen (secondary N) is 1. The highest BCUT2D eigenvalue weighted by Gasteiger charge is 1.98. The summed E-state index contributed by atoms with van der Waals surface area (Å²) in [7, 11) is 0. The number of benzene rings is 1. The molecule has 0 saturated carbocycles. The zero-order valence-corrected chi connectivity index (χ0v) is 9.47. The summed E-state index contributed by atoms with van der Waals surface area (Å²) >= 11 is 5.90. The quantitative estimate of drug-likeness (QED) is 0.750. The highest BCUT2D eigenvalue weighted by atomic mass is 35.5. The zero-order valence-electron chi connectivity index (χ0n) is 8.72. The predicted molar refractivity (Wildman–Crippen MR) is 61.7 cm³/mol. The summed E-state index contributed by atoms with van der Waals surface area (Å²) in [6.45, 7) is 3.30. The van der Waals surface area contributed by atoms with Crippen molar-refractivity contribution in [2.75, 3.05) is 6.54 Å². The summed E-state index contributed by atoms with van der Waals surface area (Å²) in [5.41, 5.74) is 7.23. The minimum absolute atomic E-state index is 0.283. The van der Waals surface area contributed by atoms with Crippen LogP contribution in [0.4, 0.5) is 0 Å². The minimum Gasteiger partial charge on any atom is -0.370 e. The number of aryl methyl sites for hydroxylation is 1. The van der Waals surface area contributed by atoms with Gasteiger partial charge in [-0.05, 0) is 24.1 Å². The molecule has 82 valence electrons. The van der Waals surface area contributed by atoms with Crippen LogP contribution in [0.15, 0.2) is 18.2 Å². The van der Waals surface area contributed by atoms with Gasteiger partial charge in [0.1, 0.15) is 0 Å². The van der Waals surface area contributed by atoms with Gasteiger partial charge in [-0.3, -0.25) is 4.79 Å². The van der Waals surface area contributed by atoms with E-state index in [9.17, 15) is 4.79 Å². The Morgan fingerprint density at radius 3 is 2.87 bits per heavy atom. The van der Waals surface area contributed by atoms with E-state index in [0.717, 1.165) is 22.7 Å². The first-order valence-electron chi connectivity index (χ1n) is 4.83. The van der Waals surface area contributed by atoms with Crippen LogP contribution in [-0.2, 0) is 11.3 Å². The van der Waals surface area contributed by atoms with Crippen LogP contribution in [0.25, 0.3) is 0 Å². The summed E-state index contributed by atoms with van der Waals surface area (Å²) in [4.78, 5) is 10.5. The smallest absolute Gasteiger partial charge is 0.218 e. The highest BCUT2D eigenvalue weighted by Crippen LogP contribution is 2.15. The predicted octanol–water partition coefficient (Wildman–Crippen LogP) is 1.61. The van der Waals surface area contributed by atoms with Crippen molar-refractivity contribution in [3.05, 3.63) is 34.3 Å². The van der Waals surface area contributed by atoms with E-state index in [1.807, 2.05) is 25.1 Å². The van der Waals surface area contributed by atoms with Crippen molar-refractivity contribution in [3.8, 4) is 0 Å². The number of carbonyl (C=O) groups excluding carboxylic acids is 1. The second-order valence-electron chi connectivity index (χ2n) is 3.48. The Balaban J connectivity index is 2.38. The minimum atomic E-state index is -0.283. The van der Waals surface area contributed by atoms with Gasteiger partial charge in [-0.1, -0.05) is 23.7 Å². The maximum atomic E-state index is 10.5. The fourth-order valence-corrected chi connectivity index (χ4v) is 1.38. The van der Waals surface area contributed by atoms with Gasteiger partial charge in [-0.2, -0.15) is 0 Å². The standard InChI is InChI=1S/C11H15ClN2O/c1-8-6-9(2-3-10(8)12)7-14-5-4-11(13)15/h2-3,6,14H,4-5,7H2,1H3,(H2,13,15). The molecule has 0 fully saturated rings. The molecule has 1 amide bonds. The molecule has 1 aromatic carbocycles. The van der Waals surface area contributed by atoms with Crippen LogP contribution < -0.4 is 11.1 Å². The molecular formula is C11H15ClN2O. The molecule has 0 heterocycles. The first-order chi connectivity index (χ1) is 7.09. The molecule has 0 unspecified atom stereocenters. The van der Waals surface area contributed by atoms with Crippen molar-refractivity contribution >= 4 is 17.5 Å². The molecular weight excluding hydrogens is 212 g/mol. The second kappa shape index (κ2) is 5.73. The topological polar surface area (TPSA) is 55.1 Å². The van der Waals surface area contributed by atoms with Gasteiger partial charge in [0.05, 0.1) is 0 Å². The molecule has 1 aromatic rings. The van der Waals surface area contributed by atoms with Gasteiger partial charge in [0.15, 0.2) is 0 Å². The summed E-state index contributed by atoms with van der Waals surface area (Å²) in [5, 5.41) is 3.91. The maximum Gasteiger partial charge on any atom is 0.218 e. The van der Waals surface area contributed by atoms with Crippen molar-refractivity contribution in [1.29, 1.82) is 0 Å². The summed E-state index contributed by atoms with van der Waals surface area (Å²) in [5.74, 6) is -0.283. The van der Waals surface area contributed by atoms with E-state index in [2.05, 4.69) is 5.32 Å². The van der Waals surface area contributed by atoms with Gasteiger partial charge in [0.2, 0.25) is 5.91 Å². The third kappa shape index (κ3) is 4.32. The van der Waals surface area contributed by atoms with Crippen LogP contribution in [0.5, 0.6) is 0 Å². The number of primary amides is 1. The lowest BCUT2D eigenvalue weighted by molar-refractivity contribution is -0.117. The van der Waals surface area contributed by atoms with E-state index in [4.69, 9.17) is 17.3 Å². The van der Waals surface area contributed by atoms with Gasteiger partial charge < -0.3 is 11.1 Å². The molecule has 0 spiro atoms. The summed E-state index contributed by atoms with van der Waals surface area (Å²) in [6, 6.07) is 5.87. The van der Waals surface area contributed by atoms with Crippen molar-refractivity contribution in [2.24, 2.45) is 5.73 Å². The Morgan fingerprint density at radius 2 is 2.27 bits per heavy atom. The lowest BCUT2D eigenvalue weighted by Gasteiger charge is -2.05. The highest BCUT2D eigenvalue weighted by molar-refractivity contribution is 6.31. The van der Waals surface area contributed by atoms with Crippen LogP contribution in [-0.4, -0.2) is 12.5 Å². The molecule has 0 saturated heterocycles. The van der Waals surface area contributed by atoms with Crippen molar-refractivity contribution < 1.29 is 4.79 Å². The molecule has 4 heteroatoms. The van der Waals surface area contributed by atoms with Crippen LogP contribution in [0.3, 0.4) is 0 Å². The van der Waals surface area contributed by atoms with Crippen molar-refractivity contribution in [2.45, 2.75) is 19.9 Å². The average molecular weight is 227 g/mol. The van der Waals surface area contributed by atoms with Gasteiger partial charge in [-0.15, -0.1) is 0 Å². The normalized spacial score (nSPS) is 10.3. The molecule has 0 aromatic heterocycles. The van der Waals surface area contributed by atoms with Crippen LogP contribution in [0.2, 0.25) is 5.02 Å². The number of carbonyl (C=O) groups is 1. The SMILES string of the molecule is Cc1cc(CNCCC(N)=O)ccc1Cl. The Bertz CT molecular complexity index is 352. The van der Waals surface area contributed by atoms with Gasteiger partial charge in [-0.25, -0.2) is 0 Å². The Hall–Kier alpha value is -1.06. The van der Waals surface area contributed by atoms with Crippen LogP contribution in [0.1, 0.15) is 17.5 Å². The zero-order chi connectivity index (χ0) is 11.3. The number of rotatable bonds is 5. The van der Waals surface area contributed by atoms with Crippen molar-refractivity contribution in [3.63, 3.8) is 0 Å². The van der Waals surface area contributed by atoms with E-state index >= 15 is 0 Å². The third-order valence-corrected chi connectivity index (χ3v) is 2.52. The Labute approximate surface area is 94.6 Å². The molecule has 0 aliphatic rings. The summed E-state index contributed by atoms with van der Waals surface area (Å²) < 4.78 is 0. The number of halogens is 1. The van der Waals surface area contributed by atoms with Crippen molar-refractivity contribution in [1.82, 2.24) is 5.32 Å². The van der Waals surface area contributed by atoms with E-state index in [1.54, 1.807) is 0 Å². The molecule has 0 aliphatic heterocycles. The molecule has 15 heavy (non-hydrogen) atoms. The first-order valence-corrected chi connectivity index (χ1v) is 5.21.